The molecule has 0 aromatic heterocycles. The molecule has 7 heteroatoms. The van der Waals surface area contributed by atoms with Crippen LogP contribution in [0.25, 0.3) is 0 Å². The topological polar surface area (TPSA) is 94.5 Å². The maximum Gasteiger partial charge on any atom is 0.308 e. The summed E-state index contributed by atoms with van der Waals surface area (Å²) in [6.45, 7) is 16.8. The van der Waals surface area contributed by atoms with Gasteiger partial charge in [-0.05, 0) is 90.8 Å². The minimum atomic E-state index is -0.357. The highest BCUT2D eigenvalue weighted by Gasteiger charge is 2.07. The van der Waals surface area contributed by atoms with Crippen LogP contribution in [0.2, 0.25) is 0 Å². The Morgan fingerprint density at radius 1 is 0.723 bits per heavy atom. The summed E-state index contributed by atoms with van der Waals surface area (Å²) in [5, 5.41) is 17.9. The lowest BCUT2D eigenvalue weighted by Gasteiger charge is -2.08. The fourth-order valence-electron chi connectivity index (χ4n) is 3.86. The van der Waals surface area contributed by atoms with E-state index < -0.39 is 0 Å². The molecule has 0 saturated heterocycles. The lowest BCUT2D eigenvalue weighted by molar-refractivity contribution is -0.132. The van der Waals surface area contributed by atoms with E-state index in [-0.39, 0.29) is 18.3 Å². The highest BCUT2D eigenvalue weighted by molar-refractivity contribution is 5.70. The van der Waals surface area contributed by atoms with Crippen molar-refractivity contribution in [2.75, 3.05) is 27.9 Å². The van der Waals surface area contributed by atoms with Crippen LogP contribution in [0.3, 0.4) is 0 Å². The van der Waals surface area contributed by atoms with Crippen molar-refractivity contribution in [3.8, 4) is 28.7 Å². The number of rotatable bonds is 14. The summed E-state index contributed by atoms with van der Waals surface area (Å²) in [5.74, 6) is 2.23. The average Bonchev–Trinajstić information content (AvgIpc) is 3.08. The number of phenolic OH excluding ortho intramolecular Hbond substituents is 1. The third-order valence-electron chi connectivity index (χ3n) is 6.40. The summed E-state index contributed by atoms with van der Waals surface area (Å²) in [7, 11) is 4.75. The van der Waals surface area contributed by atoms with E-state index in [1.807, 2.05) is 54.6 Å². The van der Waals surface area contributed by atoms with Crippen molar-refractivity contribution in [1.29, 1.82) is 0 Å². The number of ether oxygens (including phenoxy) is 4. The molecule has 0 fully saturated rings. The smallest absolute Gasteiger partial charge is 0.308 e. The van der Waals surface area contributed by atoms with Gasteiger partial charge in [-0.3, -0.25) is 4.79 Å². The molecule has 0 radical (unpaired) electrons. The Kier molecular flexibility index (Phi) is 23.8. The minimum absolute atomic E-state index is 0.172. The first kappa shape index (κ1) is 42.2. The Morgan fingerprint density at radius 2 is 1.23 bits per heavy atom. The maximum absolute atomic E-state index is 10.8. The molecule has 0 saturated carbocycles. The Bertz CT molecular complexity index is 1350. The summed E-state index contributed by atoms with van der Waals surface area (Å²) in [4.78, 5) is 10.8. The predicted octanol–water partition coefficient (Wildman–Crippen LogP) is 9.02. The fourth-order valence-corrected chi connectivity index (χ4v) is 3.86. The molecule has 0 bridgehead atoms. The number of aliphatic hydroxyl groups is 1. The molecule has 256 valence electrons. The van der Waals surface area contributed by atoms with E-state index in [4.69, 9.17) is 24.1 Å². The van der Waals surface area contributed by atoms with E-state index in [0.717, 1.165) is 54.6 Å². The van der Waals surface area contributed by atoms with Gasteiger partial charge in [-0.1, -0.05) is 68.8 Å². The van der Waals surface area contributed by atoms with Gasteiger partial charge in [-0.2, -0.15) is 0 Å². The van der Waals surface area contributed by atoms with Gasteiger partial charge in [0.05, 0.1) is 27.9 Å². The van der Waals surface area contributed by atoms with Gasteiger partial charge in [0.25, 0.3) is 0 Å². The summed E-state index contributed by atoms with van der Waals surface area (Å²) < 4.78 is 20.1. The number of aromatic hydroxyl groups is 1. The predicted molar refractivity (Wildman–Crippen MR) is 194 cm³/mol. The van der Waals surface area contributed by atoms with E-state index in [2.05, 4.69) is 39.7 Å². The first-order valence-electron chi connectivity index (χ1n) is 15.6. The molecule has 0 aliphatic heterocycles. The zero-order valence-electron chi connectivity index (χ0n) is 29.1. The minimum Gasteiger partial charge on any atom is -0.504 e. The van der Waals surface area contributed by atoms with Gasteiger partial charge >= 0.3 is 5.97 Å². The number of hydrogen-bond donors (Lipinski definition) is 2. The first-order chi connectivity index (χ1) is 22.7. The second-order valence-electron chi connectivity index (χ2n) is 10.1. The first-order valence-corrected chi connectivity index (χ1v) is 15.6. The number of carbonyl (C=O) groups excluding carboxylic acids is 1. The second-order valence-corrected chi connectivity index (χ2v) is 10.1. The van der Waals surface area contributed by atoms with Crippen molar-refractivity contribution < 1.29 is 34.0 Å². The van der Waals surface area contributed by atoms with Crippen LogP contribution in [0.15, 0.2) is 110 Å². The molecule has 47 heavy (non-hydrogen) atoms. The molecule has 0 atom stereocenters. The standard InChI is InChI=1S/C12H14O3.C10H12O2.C10H12O.C8H16O/c1-4-5-10-6-7-11(15-9(2)13)12(8-10)14-3;1-3-4-8-5-6-9(11)10(7-8)12-2;1-3-4-9-5-7-10(11-2)8-6-9;1-3-5-6-8(4-2)7-9/h4,6-8H,1,5H2,2-3H3;3,5-7,11H,1,4H2,2H3;3,5-8H,1,4H2,2H3;6,9H,3-5,7H2,1-2H3. The molecule has 0 unspecified atom stereocenters. The van der Waals surface area contributed by atoms with Gasteiger partial charge in [0, 0.05) is 6.92 Å². The van der Waals surface area contributed by atoms with Crippen molar-refractivity contribution in [1.82, 2.24) is 0 Å². The van der Waals surface area contributed by atoms with Crippen LogP contribution < -0.4 is 18.9 Å². The average molecular weight is 647 g/mol. The van der Waals surface area contributed by atoms with E-state index in [1.54, 1.807) is 38.5 Å². The van der Waals surface area contributed by atoms with Gasteiger partial charge in [-0.25, -0.2) is 0 Å². The number of phenols is 1. The van der Waals surface area contributed by atoms with Crippen LogP contribution in [-0.2, 0) is 24.1 Å². The summed E-state index contributed by atoms with van der Waals surface area (Å²) in [5.41, 5.74) is 4.58. The van der Waals surface area contributed by atoms with Crippen LogP contribution in [0.5, 0.6) is 28.7 Å². The van der Waals surface area contributed by atoms with Crippen molar-refractivity contribution >= 4 is 5.97 Å². The van der Waals surface area contributed by atoms with E-state index >= 15 is 0 Å². The van der Waals surface area contributed by atoms with Gasteiger partial charge in [0.2, 0.25) is 0 Å². The number of aliphatic hydroxyl groups excluding tert-OH is 1. The summed E-state index contributed by atoms with van der Waals surface area (Å²) in [6.07, 6.45) is 13.4. The fraction of sp³-hybridized carbons (Fsp3) is 0.325. The van der Waals surface area contributed by atoms with Gasteiger partial charge in [0.15, 0.2) is 23.0 Å². The number of allylic oxidation sites excluding steroid dienone is 4. The molecular formula is C40H54O7. The van der Waals surface area contributed by atoms with Crippen LogP contribution in [0.1, 0.15) is 56.7 Å². The molecule has 7 nitrogen and oxygen atoms in total. The largest absolute Gasteiger partial charge is 0.504 e. The van der Waals surface area contributed by atoms with Gasteiger partial charge in [0.1, 0.15) is 5.75 Å². The lowest BCUT2D eigenvalue weighted by Crippen LogP contribution is -2.03. The van der Waals surface area contributed by atoms with Crippen molar-refractivity contribution in [3.63, 3.8) is 0 Å². The maximum atomic E-state index is 10.8. The van der Waals surface area contributed by atoms with Gasteiger partial charge < -0.3 is 29.2 Å². The van der Waals surface area contributed by atoms with E-state index in [0.29, 0.717) is 17.2 Å². The quantitative estimate of drug-likeness (QED) is 0.103. The van der Waals surface area contributed by atoms with Crippen molar-refractivity contribution in [2.45, 2.75) is 59.3 Å². The van der Waals surface area contributed by atoms with Crippen molar-refractivity contribution in [2.24, 2.45) is 0 Å². The highest BCUT2D eigenvalue weighted by atomic mass is 16.6. The number of esters is 1. The number of carbonyl (C=O) groups is 1. The number of benzene rings is 3. The molecule has 2 N–H and O–H groups in total. The van der Waals surface area contributed by atoms with E-state index in [1.165, 1.54) is 26.0 Å². The third-order valence-corrected chi connectivity index (χ3v) is 6.40. The monoisotopic (exact) mass is 646 g/mol. The lowest BCUT2D eigenvalue weighted by atomic mass is 10.1. The zero-order valence-corrected chi connectivity index (χ0v) is 29.1. The van der Waals surface area contributed by atoms with E-state index in [9.17, 15) is 9.90 Å². The zero-order chi connectivity index (χ0) is 35.5. The molecular weight excluding hydrogens is 592 g/mol. The molecule has 0 heterocycles. The molecule has 0 spiro atoms. The molecule has 0 aliphatic rings. The number of methoxy groups -OCH3 is 3. The molecule has 0 aliphatic carbocycles. The van der Waals surface area contributed by atoms with Crippen LogP contribution in [0.4, 0.5) is 0 Å². The van der Waals surface area contributed by atoms with Crippen molar-refractivity contribution in [3.05, 3.63) is 127 Å². The molecule has 0 amide bonds. The Balaban J connectivity index is 0.000000611. The number of unbranched alkanes of at least 4 members (excludes halogenated alkanes) is 1. The molecule has 3 rings (SSSR count). The SMILES string of the molecule is C=CCc1ccc(O)c(OC)c1.C=CCc1ccc(OC(C)=O)c(OC)c1.C=CCc1ccc(OC)cc1.CCCC=C(CC)CO. The Morgan fingerprint density at radius 3 is 1.68 bits per heavy atom. The third kappa shape index (κ3) is 18.7. The second kappa shape index (κ2) is 26.5. The Labute approximate surface area is 282 Å². The molecule has 3 aromatic carbocycles. The van der Waals surface area contributed by atoms with Gasteiger partial charge in [-0.15, -0.1) is 19.7 Å². The highest BCUT2D eigenvalue weighted by Crippen LogP contribution is 2.28. The summed E-state index contributed by atoms with van der Waals surface area (Å²) in [6, 6.07) is 18.7. The Hall–Kier alpha value is -4.75. The van der Waals surface area contributed by atoms with Crippen LogP contribution in [-0.4, -0.2) is 44.1 Å². The van der Waals surface area contributed by atoms with Crippen LogP contribution >= 0.6 is 0 Å². The summed E-state index contributed by atoms with van der Waals surface area (Å²) >= 11 is 0. The molecule has 3 aromatic rings. The van der Waals surface area contributed by atoms with Crippen LogP contribution in [0, 0.1) is 0 Å². The normalized spacial score (nSPS) is 9.89. The number of hydrogen-bond acceptors (Lipinski definition) is 7.